The minimum Gasteiger partial charge on any atom is -0.368 e. The lowest BCUT2D eigenvalue weighted by Crippen LogP contribution is -2.46. The number of nitrogens with zero attached hydrogens (tertiary/aromatic N) is 5. The molecule has 0 amide bonds. The second-order valence-corrected chi connectivity index (χ2v) is 6.20. The van der Waals surface area contributed by atoms with Crippen molar-refractivity contribution < 1.29 is 8.78 Å². The van der Waals surface area contributed by atoms with E-state index in [4.69, 9.17) is 5.26 Å². The van der Waals surface area contributed by atoms with Crippen molar-refractivity contribution in [1.29, 1.82) is 5.26 Å². The van der Waals surface area contributed by atoms with Gasteiger partial charge in [0, 0.05) is 38.8 Å². The third-order valence-corrected chi connectivity index (χ3v) is 4.39. The first kappa shape index (κ1) is 18.0. The van der Waals surface area contributed by atoms with Crippen LogP contribution in [0.2, 0.25) is 0 Å². The molecule has 2 aromatic rings. The molecule has 2 heterocycles. The highest BCUT2D eigenvalue weighted by Crippen LogP contribution is 2.15. The number of halogens is 2. The summed E-state index contributed by atoms with van der Waals surface area (Å²) in [4.78, 5) is 16.2. The molecule has 0 aliphatic carbocycles. The standard InChI is InChI=1S/C18H19F2N5O/c19-17(20)13-25-18(26)9-16(11-22-25)24-7-5-23(6-8-24)12-15-3-1-14(10-21)2-4-15/h1-4,9,11,17H,5-8,12-13H2. The Bertz CT molecular complexity index is 836. The topological polar surface area (TPSA) is 65.2 Å². The zero-order valence-corrected chi connectivity index (χ0v) is 14.2. The van der Waals surface area contributed by atoms with Crippen LogP contribution in [0.1, 0.15) is 11.1 Å². The third kappa shape index (κ3) is 4.43. The molecule has 26 heavy (non-hydrogen) atoms. The summed E-state index contributed by atoms with van der Waals surface area (Å²) in [5.74, 6) is 0. The largest absolute Gasteiger partial charge is 0.368 e. The Morgan fingerprint density at radius 3 is 2.42 bits per heavy atom. The van der Waals surface area contributed by atoms with Crippen LogP contribution in [0.3, 0.4) is 0 Å². The molecule has 0 radical (unpaired) electrons. The summed E-state index contributed by atoms with van der Waals surface area (Å²) in [6, 6.07) is 11.0. The number of hydrogen-bond donors (Lipinski definition) is 0. The summed E-state index contributed by atoms with van der Waals surface area (Å²) in [5.41, 5.74) is 1.95. The first-order valence-corrected chi connectivity index (χ1v) is 8.37. The maximum Gasteiger partial charge on any atom is 0.269 e. The minimum atomic E-state index is -2.60. The lowest BCUT2D eigenvalue weighted by molar-refractivity contribution is 0.119. The van der Waals surface area contributed by atoms with Crippen LogP contribution in [0.25, 0.3) is 0 Å². The number of alkyl halides is 2. The van der Waals surface area contributed by atoms with Crippen molar-refractivity contribution in [2.45, 2.75) is 19.5 Å². The van der Waals surface area contributed by atoms with E-state index in [2.05, 4.69) is 16.1 Å². The molecule has 3 rings (SSSR count). The molecule has 1 fully saturated rings. The van der Waals surface area contributed by atoms with E-state index in [1.807, 2.05) is 29.2 Å². The number of benzene rings is 1. The molecule has 0 N–H and O–H groups in total. The van der Waals surface area contributed by atoms with E-state index in [0.717, 1.165) is 43.0 Å². The van der Waals surface area contributed by atoms with Gasteiger partial charge >= 0.3 is 0 Å². The van der Waals surface area contributed by atoms with Gasteiger partial charge in [0.05, 0.1) is 23.5 Å². The lowest BCUT2D eigenvalue weighted by atomic mass is 10.1. The third-order valence-electron chi connectivity index (χ3n) is 4.39. The number of aromatic nitrogens is 2. The number of hydrogen-bond acceptors (Lipinski definition) is 5. The summed E-state index contributed by atoms with van der Waals surface area (Å²) < 4.78 is 25.6. The van der Waals surface area contributed by atoms with Gasteiger partial charge in [-0.25, -0.2) is 13.5 Å². The van der Waals surface area contributed by atoms with Crippen LogP contribution in [0.15, 0.2) is 41.3 Å². The normalized spacial score (nSPS) is 15.2. The molecule has 8 heteroatoms. The number of rotatable bonds is 5. The molecule has 1 aliphatic heterocycles. The summed E-state index contributed by atoms with van der Waals surface area (Å²) in [7, 11) is 0. The maximum atomic E-state index is 12.4. The van der Waals surface area contributed by atoms with Crippen LogP contribution in [0.4, 0.5) is 14.5 Å². The first-order chi connectivity index (χ1) is 12.5. The van der Waals surface area contributed by atoms with Gasteiger partial charge in [0.1, 0.15) is 6.54 Å². The van der Waals surface area contributed by atoms with E-state index in [-0.39, 0.29) is 0 Å². The highest BCUT2D eigenvalue weighted by molar-refractivity contribution is 5.43. The molecule has 1 aromatic carbocycles. The Morgan fingerprint density at radius 2 is 1.85 bits per heavy atom. The number of piperazine rings is 1. The van der Waals surface area contributed by atoms with Crippen LogP contribution in [-0.4, -0.2) is 47.3 Å². The van der Waals surface area contributed by atoms with E-state index in [1.54, 1.807) is 0 Å². The summed E-state index contributed by atoms with van der Waals surface area (Å²) in [6.07, 6.45) is -1.13. The Balaban J connectivity index is 1.57. The van der Waals surface area contributed by atoms with Gasteiger partial charge in [0.15, 0.2) is 0 Å². The highest BCUT2D eigenvalue weighted by atomic mass is 19.3. The van der Waals surface area contributed by atoms with Crippen molar-refractivity contribution in [3.05, 3.63) is 58.0 Å². The van der Waals surface area contributed by atoms with Crippen molar-refractivity contribution >= 4 is 5.69 Å². The molecule has 0 spiro atoms. The van der Waals surface area contributed by atoms with Gasteiger partial charge in [-0.05, 0) is 17.7 Å². The van der Waals surface area contributed by atoms with Crippen molar-refractivity contribution in [3.8, 4) is 6.07 Å². The molecular formula is C18H19F2N5O. The van der Waals surface area contributed by atoms with Gasteiger partial charge in [-0.15, -0.1) is 0 Å². The fourth-order valence-electron chi connectivity index (χ4n) is 2.97. The fourth-order valence-corrected chi connectivity index (χ4v) is 2.97. The van der Waals surface area contributed by atoms with E-state index in [1.165, 1.54) is 12.3 Å². The van der Waals surface area contributed by atoms with E-state index in [0.29, 0.717) is 11.3 Å². The molecule has 1 saturated heterocycles. The summed E-state index contributed by atoms with van der Waals surface area (Å²) >= 11 is 0. The van der Waals surface area contributed by atoms with Gasteiger partial charge in [-0.3, -0.25) is 9.69 Å². The molecule has 136 valence electrons. The van der Waals surface area contributed by atoms with Crippen LogP contribution in [0.5, 0.6) is 0 Å². The fraction of sp³-hybridized carbons (Fsp3) is 0.389. The van der Waals surface area contributed by atoms with Crippen molar-refractivity contribution in [3.63, 3.8) is 0 Å². The van der Waals surface area contributed by atoms with E-state index >= 15 is 0 Å². The van der Waals surface area contributed by atoms with Gasteiger partial charge in [-0.1, -0.05) is 12.1 Å². The molecule has 0 unspecified atom stereocenters. The maximum absolute atomic E-state index is 12.4. The Kier molecular flexibility index (Phi) is 5.58. The van der Waals surface area contributed by atoms with Crippen molar-refractivity contribution in [1.82, 2.24) is 14.7 Å². The predicted molar refractivity (Wildman–Crippen MR) is 93.1 cm³/mol. The minimum absolute atomic E-state index is 0.511. The average Bonchev–Trinajstić information content (AvgIpc) is 2.64. The van der Waals surface area contributed by atoms with Crippen LogP contribution in [0, 0.1) is 11.3 Å². The zero-order chi connectivity index (χ0) is 18.5. The van der Waals surface area contributed by atoms with Crippen LogP contribution in [-0.2, 0) is 13.1 Å². The second kappa shape index (κ2) is 8.06. The molecule has 6 nitrogen and oxygen atoms in total. The molecule has 0 saturated carbocycles. The molecular weight excluding hydrogens is 340 g/mol. The van der Waals surface area contributed by atoms with Crippen molar-refractivity contribution in [2.75, 3.05) is 31.1 Å². The predicted octanol–water partition coefficient (Wildman–Crippen LogP) is 1.70. The van der Waals surface area contributed by atoms with Gasteiger partial charge in [-0.2, -0.15) is 10.4 Å². The lowest BCUT2D eigenvalue weighted by Gasteiger charge is -2.35. The van der Waals surface area contributed by atoms with Crippen LogP contribution < -0.4 is 10.5 Å². The van der Waals surface area contributed by atoms with E-state index < -0.39 is 18.5 Å². The van der Waals surface area contributed by atoms with Crippen LogP contribution >= 0.6 is 0 Å². The average molecular weight is 359 g/mol. The van der Waals surface area contributed by atoms with E-state index in [9.17, 15) is 13.6 Å². The molecule has 0 bridgehead atoms. The Morgan fingerprint density at radius 1 is 1.15 bits per heavy atom. The number of anilines is 1. The SMILES string of the molecule is N#Cc1ccc(CN2CCN(c3cnn(CC(F)F)c(=O)c3)CC2)cc1. The quantitative estimate of drug-likeness (QED) is 0.813. The Hall–Kier alpha value is -2.79. The first-order valence-electron chi connectivity index (χ1n) is 8.37. The summed E-state index contributed by atoms with van der Waals surface area (Å²) in [5, 5.41) is 12.7. The number of nitriles is 1. The smallest absolute Gasteiger partial charge is 0.269 e. The van der Waals surface area contributed by atoms with Gasteiger partial charge in [0.2, 0.25) is 0 Å². The molecule has 1 aliphatic rings. The zero-order valence-electron chi connectivity index (χ0n) is 14.2. The summed E-state index contributed by atoms with van der Waals surface area (Å²) in [6.45, 7) is 3.22. The Labute approximate surface area is 149 Å². The van der Waals surface area contributed by atoms with Gasteiger partial charge < -0.3 is 4.90 Å². The van der Waals surface area contributed by atoms with Crippen molar-refractivity contribution in [2.24, 2.45) is 0 Å². The monoisotopic (exact) mass is 359 g/mol. The van der Waals surface area contributed by atoms with Gasteiger partial charge in [0.25, 0.3) is 12.0 Å². The molecule has 0 atom stereocenters. The highest BCUT2D eigenvalue weighted by Gasteiger charge is 2.18. The second-order valence-electron chi connectivity index (χ2n) is 6.20. The molecule has 1 aromatic heterocycles.